The lowest BCUT2D eigenvalue weighted by molar-refractivity contribution is -0.564. The van der Waals surface area contributed by atoms with Crippen LogP contribution in [-0.4, -0.2) is 0 Å². The largest absolute Gasteiger partial charge is 0.618 e. The van der Waals surface area contributed by atoms with Gasteiger partial charge in [0, 0.05) is 11.6 Å². The average molecular weight is 456 g/mol. The number of aromatic nitrogens is 1. The summed E-state index contributed by atoms with van der Waals surface area (Å²) in [4.78, 5) is 0. The van der Waals surface area contributed by atoms with Crippen LogP contribution >= 0.6 is 23.2 Å². The summed E-state index contributed by atoms with van der Waals surface area (Å²) in [5, 5.41) is 15.7. The van der Waals surface area contributed by atoms with Gasteiger partial charge in [0.05, 0.1) is 26.6 Å². The molecule has 2 nitrogen and oxygen atoms in total. The third kappa shape index (κ3) is 3.42. The Bertz CT molecular complexity index is 1430. The van der Waals surface area contributed by atoms with Crippen molar-refractivity contribution < 1.29 is 4.73 Å². The van der Waals surface area contributed by atoms with Crippen LogP contribution in [0.3, 0.4) is 0 Å². The van der Waals surface area contributed by atoms with E-state index in [4.69, 9.17) is 23.2 Å². The number of pyridine rings is 1. The maximum absolute atomic E-state index is 13.9. The molecule has 0 bridgehead atoms. The highest BCUT2D eigenvalue weighted by Gasteiger charge is 2.29. The topological polar surface area (TPSA) is 26.9 Å². The summed E-state index contributed by atoms with van der Waals surface area (Å²) >= 11 is 13.3. The van der Waals surface area contributed by atoms with Gasteiger partial charge in [-0.2, -0.15) is 4.73 Å². The second kappa shape index (κ2) is 8.31. The molecule has 0 aliphatic heterocycles. The number of hydrogen-bond donors (Lipinski definition) is 0. The Morgan fingerprint density at radius 3 is 1.78 bits per heavy atom. The molecule has 0 N–H and O–H groups in total. The number of aryl methyl sites for hydroxylation is 1. The average Bonchev–Trinajstić information content (AvgIpc) is 2.81. The molecule has 1 aromatic heterocycles. The highest BCUT2D eigenvalue weighted by Crippen LogP contribution is 2.45. The van der Waals surface area contributed by atoms with Gasteiger partial charge < -0.3 is 5.21 Å². The summed E-state index contributed by atoms with van der Waals surface area (Å²) in [6.07, 6.45) is 0. The van der Waals surface area contributed by atoms with E-state index in [1.165, 1.54) is 0 Å². The molecule has 0 atom stereocenters. The van der Waals surface area contributed by atoms with Gasteiger partial charge >= 0.3 is 0 Å². The third-order valence-corrected chi connectivity index (χ3v) is 6.28. The van der Waals surface area contributed by atoms with Crippen LogP contribution in [0.1, 0.15) is 5.56 Å². The van der Waals surface area contributed by atoms with Crippen molar-refractivity contribution in [3.05, 3.63) is 118 Å². The van der Waals surface area contributed by atoms with E-state index in [1.54, 1.807) is 18.2 Å². The summed E-state index contributed by atoms with van der Waals surface area (Å²) in [7, 11) is 0. The molecule has 0 spiro atoms. The highest BCUT2D eigenvalue weighted by molar-refractivity contribution is 6.39. The number of benzene rings is 4. The maximum atomic E-state index is 13.9. The van der Waals surface area contributed by atoms with E-state index in [0.717, 1.165) is 37.9 Å². The Morgan fingerprint density at radius 1 is 0.625 bits per heavy atom. The van der Waals surface area contributed by atoms with Gasteiger partial charge in [0.1, 0.15) is 0 Å². The van der Waals surface area contributed by atoms with Crippen LogP contribution in [0.2, 0.25) is 10.0 Å². The van der Waals surface area contributed by atoms with Crippen molar-refractivity contribution >= 4 is 34.1 Å². The first-order chi connectivity index (χ1) is 15.6. The molecule has 0 fully saturated rings. The normalized spacial score (nSPS) is 11.1. The molecule has 0 unspecified atom stereocenters. The second-order valence-corrected chi connectivity index (χ2v) is 8.56. The molecule has 156 valence electrons. The molecule has 5 rings (SSSR count). The highest BCUT2D eigenvalue weighted by atomic mass is 35.5. The predicted molar refractivity (Wildman–Crippen MR) is 134 cm³/mol. The van der Waals surface area contributed by atoms with Gasteiger partial charge in [-0.15, -0.1) is 0 Å². The Labute approximate surface area is 196 Å². The summed E-state index contributed by atoms with van der Waals surface area (Å²) < 4.78 is 0.969. The lowest BCUT2D eigenvalue weighted by Crippen LogP contribution is -2.32. The Hall–Kier alpha value is -3.33. The molecule has 4 aromatic carbocycles. The lowest BCUT2D eigenvalue weighted by Gasteiger charge is -2.20. The van der Waals surface area contributed by atoms with Crippen molar-refractivity contribution in [2.24, 2.45) is 0 Å². The van der Waals surface area contributed by atoms with Crippen molar-refractivity contribution in [2.75, 3.05) is 0 Å². The Balaban J connectivity index is 2.07. The van der Waals surface area contributed by atoms with Crippen molar-refractivity contribution in [3.8, 4) is 33.5 Å². The summed E-state index contributed by atoms with van der Waals surface area (Å²) in [5.41, 5.74) is 6.36. The second-order valence-electron chi connectivity index (χ2n) is 7.74. The SMILES string of the molecule is Cc1ccc2c(c1)c(-c1ccccc1)c(-c1ccccc1)c(-c1c(Cl)cccc1Cl)[n+]2[O-]. The van der Waals surface area contributed by atoms with Gasteiger partial charge in [-0.1, -0.05) is 102 Å². The van der Waals surface area contributed by atoms with E-state index < -0.39 is 0 Å². The number of hydrogen-bond acceptors (Lipinski definition) is 1. The van der Waals surface area contributed by atoms with Crippen LogP contribution in [0.4, 0.5) is 0 Å². The van der Waals surface area contributed by atoms with E-state index in [-0.39, 0.29) is 0 Å². The van der Waals surface area contributed by atoms with Crippen molar-refractivity contribution in [3.63, 3.8) is 0 Å². The molecule has 0 radical (unpaired) electrons. The van der Waals surface area contributed by atoms with Crippen molar-refractivity contribution in [1.29, 1.82) is 0 Å². The van der Waals surface area contributed by atoms with Gasteiger partial charge in [-0.25, -0.2) is 0 Å². The van der Waals surface area contributed by atoms with Gasteiger partial charge in [-0.05, 0) is 36.2 Å². The minimum Gasteiger partial charge on any atom is -0.618 e. The molecule has 0 aliphatic carbocycles. The summed E-state index contributed by atoms with van der Waals surface area (Å²) in [6, 6.07) is 31.3. The smallest absolute Gasteiger partial charge is 0.235 e. The van der Waals surface area contributed by atoms with Gasteiger partial charge in [-0.3, -0.25) is 0 Å². The third-order valence-electron chi connectivity index (χ3n) is 5.65. The number of fused-ring (bicyclic) bond motifs is 1. The maximum Gasteiger partial charge on any atom is 0.235 e. The fourth-order valence-electron chi connectivity index (χ4n) is 4.24. The summed E-state index contributed by atoms with van der Waals surface area (Å²) in [6.45, 7) is 2.03. The van der Waals surface area contributed by atoms with Crippen molar-refractivity contribution in [1.82, 2.24) is 0 Å². The quantitative estimate of drug-likeness (QED) is 0.199. The fraction of sp³-hybridized carbons (Fsp3) is 0.0357. The number of halogens is 2. The van der Waals surface area contributed by atoms with Gasteiger partial charge in [0.15, 0.2) is 0 Å². The van der Waals surface area contributed by atoms with Crippen LogP contribution in [0.25, 0.3) is 44.4 Å². The molecule has 5 aromatic rings. The molecule has 0 saturated heterocycles. The molecule has 0 saturated carbocycles. The van der Waals surface area contributed by atoms with Gasteiger partial charge in [0.2, 0.25) is 11.2 Å². The van der Waals surface area contributed by atoms with Gasteiger partial charge in [0.25, 0.3) is 0 Å². The molecule has 0 aliphatic rings. The fourth-order valence-corrected chi connectivity index (χ4v) is 4.82. The first kappa shape index (κ1) is 20.6. The minimum atomic E-state index is 0.435. The van der Waals surface area contributed by atoms with Crippen LogP contribution in [-0.2, 0) is 0 Å². The predicted octanol–water partition coefficient (Wildman–Crippen LogP) is 8.09. The summed E-state index contributed by atoms with van der Waals surface area (Å²) in [5.74, 6) is 0. The zero-order valence-electron chi connectivity index (χ0n) is 17.3. The molecule has 32 heavy (non-hydrogen) atoms. The van der Waals surface area contributed by atoms with E-state index in [0.29, 0.717) is 26.8 Å². The first-order valence-electron chi connectivity index (χ1n) is 10.3. The standard InChI is InChI=1S/C28H19Cl2NO/c1-18-15-16-24-21(17-18)25(19-9-4-2-5-10-19)26(20-11-6-3-7-12-20)28(31(24)32)27-22(29)13-8-14-23(27)30/h2-17H,1H3. The zero-order valence-corrected chi connectivity index (χ0v) is 18.9. The zero-order chi connectivity index (χ0) is 22.2. The van der Waals surface area contributed by atoms with E-state index in [9.17, 15) is 5.21 Å². The van der Waals surface area contributed by atoms with Crippen LogP contribution in [0, 0.1) is 12.1 Å². The molecule has 1 heterocycles. The molecule has 0 amide bonds. The van der Waals surface area contributed by atoms with Crippen LogP contribution in [0.15, 0.2) is 97.1 Å². The number of nitrogens with zero attached hydrogens (tertiary/aromatic N) is 1. The Kier molecular flexibility index (Phi) is 5.34. The monoisotopic (exact) mass is 455 g/mol. The lowest BCUT2D eigenvalue weighted by atomic mass is 9.87. The molecular formula is C28H19Cl2NO. The first-order valence-corrected chi connectivity index (χ1v) is 11.1. The molecular weight excluding hydrogens is 437 g/mol. The number of rotatable bonds is 3. The van der Waals surface area contributed by atoms with E-state index in [1.807, 2.05) is 67.6 Å². The van der Waals surface area contributed by atoms with E-state index >= 15 is 0 Å². The Morgan fingerprint density at radius 2 is 1.19 bits per heavy atom. The molecule has 4 heteroatoms. The van der Waals surface area contributed by atoms with Crippen molar-refractivity contribution in [2.45, 2.75) is 6.92 Å². The van der Waals surface area contributed by atoms with Crippen LogP contribution in [0.5, 0.6) is 0 Å². The minimum absolute atomic E-state index is 0.435. The van der Waals surface area contributed by atoms with E-state index in [2.05, 4.69) is 18.2 Å². The van der Waals surface area contributed by atoms with Crippen LogP contribution < -0.4 is 4.73 Å².